The zero-order valence-electron chi connectivity index (χ0n) is 14.1. The summed E-state index contributed by atoms with van der Waals surface area (Å²) in [5.41, 5.74) is 11.7. The molecule has 11 heteroatoms. The number of nitrogens with one attached hydrogen (secondary N) is 1. The van der Waals surface area contributed by atoms with Crippen LogP contribution in [-0.4, -0.2) is 36.0 Å². The Kier molecular flexibility index (Phi) is 16.1. The molecule has 1 aromatic rings. The van der Waals surface area contributed by atoms with E-state index in [4.69, 9.17) is 39.4 Å². The number of nitrogens with zero attached hydrogens (tertiary/aromatic N) is 1. The lowest BCUT2D eigenvalue weighted by molar-refractivity contribution is -0.146. The van der Waals surface area contributed by atoms with Crippen molar-refractivity contribution >= 4 is 59.9 Å². The summed E-state index contributed by atoms with van der Waals surface area (Å²) >= 11 is 11.5. The first-order chi connectivity index (χ1) is 11.4. The first-order valence-electron chi connectivity index (χ1n) is 7.63. The third-order valence-electron chi connectivity index (χ3n) is 3.14. The maximum Gasteiger partial charge on any atom is 0.323 e. The Morgan fingerprint density at radius 3 is 2.38 bits per heavy atom. The molecule has 0 aliphatic carbocycles. The van der Waals surface area contributed by atoms with Gasteiger partial charge in [0.15, 0.2) is 0 Å². The quantitative estimate of drug-likeness (QED) is 0.286. The summed E-state index contributed by atoms with van der Waals surface area (Å²) in [6, 6.07) is 2.42. The smallest absolute Gasteiger partial charge is 0.323 e. The van der Waals surface area contributed by atoms with Crippen molar-refractivity contribution < 1.29 is 14.3 Å². The molecule has 0 spiro atoms. The first-order valence-corrected chi connectivity index (χ1v) is 8.39. The molecule has 150 valence electrons. The fourth-order valence-corrected chi connectivity index (χ4v) is 2.42. The van der Waals surface area contributed by atoms with Gasteiger partial charge in [0.25, 0.3) is 0 Å². The molecule has 0 radical (unpaired) electrons. The van der Waals surface area contributed by atoms with Gasteiger partial charge in [-0.05, 0) is 37.0 Å². The number of hydrogen-bond acceptors (Lipinski definition) is 6. The summed E-state index contributed by atoms with van der Waals surface area (Å²) in [7, 11) is 0. The van der Waals surface area contributed by atoms with Gasteiger partial charge in [-0.1, -0.05) is 23.2 Å². The van der Waals surface area contributed by atoms with Crippen molar-refractivity contribution in [2.75, 3.05) is 13.1 Å². The van der Waals surface area contributed by atoms with E-state index in [1.165, 1.54) is 0 Å². The van der Waals surface area contributed by atoms with E-state index in [1.54, 1.807) is 12.1 Å². The first kappa shape index (κ1) is 27.4. The lowest BCUT2D eigenvalue weighted by Crippen LogP contribution is -2.32. The SMILES string of the molecule is Cl.Cl.NCCC(=O)NCCCC[C@H](N)C(=O)OCc1cc(Cl)nc(Cl)c1. The third-order valence-corrected chi connectivity index (χ3v) is 3.53. The Bertz CT molecular complexity index is 543. The Morgan fingerprint density at radius 2 is 1.81 bits per heavy atom. The molecular formula is C15H24Cl4N4O3. The number of carbonyl (C=O) groups excluding carboxylic acids is 2. The normalized spacial score (nSPS) is 10.9. The van der Waals surface area contributed by atoms with Gasteiger partial charge < -0.3 is 21.5 Å². The summed E-state index contributed by atoms with van der Waals surface area (Å²) in [5, 5.41) is 3.20. The van der Waals surface area contributed by atoms with Crippen molar-refractivity contribution in [3.8, 4) is 0 Å². The van der Waals surface area contributed by atoms with Gasteiger partial charge in [-0.15, -0.1) is 24.8 Å². The highest BCUT2D eigenvalue weighted by Crippen LogP contribution is 2.15. The fourth-order valence-electron chi connectivity index (χ4n) is 1.91. The van der Waals surface area contributed by atoms with E-state index >= 15 is 0 Å². The molecule has 0 bridgehead atoms. The van der Waals surface area contributed by atoms with Gasteiger partial charge in [0.2, 0.25) is 5.91 Å². The molecule has 0 unspecified atom stereocenters. The molecule has 0 aliphatic rings. The Hall–Kier alpha value is -0.830. The summed E-state index contributed by atoms with van der Waals surface area (Å²) in [6.07, 6.45) is 2.22. The van der Waals surface area contributed by atoms with Gasteiger partial charge >= 0.3 is 5.97 Å². The topological polar surface area (TPSA) is 120 Å². The highest BCUT2D eigenvalue weighted by Gasteiger charge is 2.15. The minimum atomic E-state index is -0.711. The molecule has 0 saturated carbocycles. The number of esters is 1. The van der Waals surface area contributed by atoms with E-state index in [0.29, 0.717) is 37.9 Å². The fraction of sp³-hybridized carbons (Fsp3) is 0.533. The van der Waals surface area contributed by atoms with Gasteiger partial charge in [0.1, 0.15) is 23.0 Å². The lowest BCUT2D eigenvalue weighted by atomic mass is 10.1. The van der Waals surface area contributed by atoms with Crippen LogP contribution in [0.3, 0.4) is 0 Å². The summed E-state index contributed by atoms with van der Waals surface area (Å²) in [4.78, 5) is 26.8. The molecule has 1 amide bonds. The molecule has 0 saturated heterocycles. The van der Waals surface area contributed by atoms with E-state index in [0.717, 1.165) is 6.42 Å². The zero-order valence-corrected chi connectivity index (χ0v) is 17.2. The Labute approximate surface area is 175 Å². The maximum absolute atomic E-state index is 11.8. The number of aromatic nitrogens is 1. The van der Waals surface area contributed by atoms with Crippen molar-refractivity contribution in [3.05, 3.63) is 28.0 Å². The summed E-state index contributed by atoms with van der Waals surface area (Å²) in [6.45, 7) is 0.898. The number of carbonyl (C=O) groups is 2. The van der Waals surface area contributed by atoms with E-state index < -0.39 is 12.0 Å². The van der Waals surface area contributed by atoms with Crippen LogP contribution in [-0.2, 0) is 20.9 Å². The molecule has 1 atom stereocenters. The number of ether oxygens (including phenoxy) is 1. The van der Waals surface area contributed by atoms with Gasteiger partial charge in [-0.2, -0.15) is 0 Å². The van der Waals surface area contributed by atoms with Crippen LogP contribution < -0.4 is 16.8 Å². The van der Waals surface area contributed by atoms with E-state index in [2.05, 4.69) is 10.3 Å². The van der Waals surface area contributed by atoms with Crippen LogP contribution in [0.4, 0.5) is 0 Å². The second-order valence-corrected chi connectivity index (χ2v) is 5.99. The van der Waals surface area contributed by atoms with Gasteiger partial charge in [0, 0.05) is 19.5 Å². The number of pyridine rings is 1. The molecule has 1 rings (SSSR count). The standard InChI is InChI=1S/C15H22Cl2N4O3.2ClH/c16-12-7-10(8-13(17)21-12)9-24-15(23)11(19)3-1-2-6-20-14(22)4-5-18;;/h7-8,11H,1-6,9,18-19H2,(H,20,22);2*1H/t11-;;/m0../s1. The van der Waals surface area contributed by atoms with E-state index in [-0.39, 0.29) is 47.6 Å². The predicted octanol–water partition coefficient (Wildman–Crippen LogP) is 2.24. The number of hydrogen-bond donors (Lipinski definition) is 3. The van der Waals surface area contributed by atoms with Crippen molar-refractivity contribution in [2.45, 2.75) is 38.3 Å². The minimum Gasteiger partial charge on any atom is -0.460 e. The maximum atomic E-state index is 11.8. The second kappa shape index (κ2) is 15.2. The monoisotopic (exact) mass is 448 g/mol. The van der Waals surface area contributed by atoms with Crippen LogP contribution in [0, 0.1) is 0 Å². The Balaban J connectivity index is 0. The molecule has 1 heterocycles. The van der Waals surface area contributed by atoms with Crippen molar-refractivity contribution in [2.24, 2.45) is 11.5 Å². The lowest BCUT2D eigenvalue weighted by Gasteiger charge is -2.12. The molecule has 0 fully saturated rings. The van der Waals surface area contributed by atoms with Crippen molar-refractivity contribution in [1.29, 1.82) is 0 Å². The largest absolute Gasteiger partial charge is 0.460 e. The minimum absolute atomic E-state index is 0. The average Bonchev–Trinajstić information content (AvgIpc) is 2.51. The number of unbranched alkanes of at least 4 members (excludes halogenated alkanes) is 1. The second-order valence-electron chi connectivity index (χ2n) is 5.22. The predicted molar refractivity (Wildman–Crippen MR) is 107 cm³/mol. The third kappa shape index (κ3) is 11.7. The molecule has 26 heavy (non-hydrogen) atoms. The van der Waals surface area contributed by atoms with E-state index in [9.17, 15) is 9.59 Å². The average molecular weight is 450 g/mol. The number of halogens is 4. The molecule has 7 nitrogen and oxygen atoms in total. The molecule has 0 aromatic carbocycles. The van der Waals surface area contributed by atoms with E-state index in [1.807, 2.05) is 0 Å². The summed E-state index contributed by atoms with van der Waals surface area (Å²) < 4.78 is 5.13. The highest BCUT2D eigenvalue weighted by atomic mass is 35.5. The van der Waals surface area contributed by atoms with Gasteiger partial charge in [0.05, 0.1) is 0 Å². The zero-order chi connectivity index (χ0) is 17.9. The molecular weight excluding hydrogens is 426 g/mol. The molecule has 1 aromatic heterocycles. The van der Waals surface area contributed by atoms with Crippen LogP contribution in [0.25, 0.3) is 0 Å². The number of rotatable bonds is 10. The highest BCUT2D eigenvalue weighted by molar-refractivity contribution is 6.32. The van der Waals surface area contributed by atoms with Gasteiger partial charge in [-0.25, -0.2) is 4.98 Å². The Morgan fingerprint density at radius 1 is 1.19 bits per heavy atom. The van der Waals surface area contributed by atoms with Crippen LogP contribution in [0.1, 0.15) is 31.2 Å². The molecule has 5 N–H and O–H groups in total. The molecule has 0 aliphatic heterocycles. The van der Waals surface area contributed by atoms with Gasteiger partial charge in [-0.3, -0.25) is 9.59 Å². The summed E-state index contributed by atoms with van der Waals surface area (Å²) in [5.74, 6) is -0.567. The van der Waals surface area contributed by atoms with Crippen LogP contribution in [0.15, 0.2) is 12.1 Å². The van der Waals surface area contributed by atoms with Crippen LogP contribution in [0.5, 0.6) is 0 Å². The van der Waals surface area contributed by atoms with Crippen LogP contribution in [0.2, 0.25) is 10.3 Å². The number of nitrogens with two attached hydrogens (primary N) is 2. The number of amides is 1. The van der Waals surface area contributed by atoms with Crippen molar-refractivity contribution in [1.82, 2.24) is 10.3 Å². The van der Waals surface area contributed by atoms with Crippen molar-refractivity contribution in [3.63, 3.8) is 0 Å². The van der Waals surface area contributed by atoms with Crippen LogP contribution >= 0.6 is 48.0 Å².